The van der Waals surface area contributed by atoms with Gasteiger partial charge in [-0.3, -0.25) is 4.99 Å². The van der Waals surface area contributed by atoms with Crippen LogP contribution in [0.2, 0.25) is 0 Å². The number of likely N-dealkylation sites (tertiary alicyclic amines) is 1. The molecule has 0 bridgehead atoms. The van der Waals surface area contributed by atoms with Gasteiger partial charge in [0, 0.05) is 38.4 Å². The second-order valence-corrected chi connectivity index (χ2v) is 9.62. The van der Waals surface area contributed by atoms with Crippen molar-refractivity contribution in [3.05, 3.63) is 59.7 Å². The summed E-state index contributed by atoms with van der Waals surface area (Å²) >= 11 is 0. The maximum absolute atomic E-state index is 11.6. The molecule has 0 amide bonds. The van der Waals surface area contributed by atoms with Gasteiger partial charge in [0.25, 0.3) is 0 Å². The Hall–Kier alpha value is -1.81. The third-order valence-corrected chi connectivity index (χ3v) is 6.55. The predicted molar refractivity (Wildman–Crippen MR) is 137 cm³/mol. The highest BCUT2D eigenvalue weighted by atomic mass is 127. The van der Waals surface area contributed by atoms with Gasteiger partial charge in [0.15, 0.2) is 15.8 Å². The molecule has 1 aliphatic heterocycles. The minimum atomic E-state index is -3.16. The molecule has 2 aromatic rings. The standard InChI is InChI=1S/C23H31N3O3S.HI/c1-4-24-23(25-15-13-18-5-11-22(12-6-18)30(3,27)28)26-16-14-20(17-26)19-7-9-21(29-2)10-8-19;/h5-12,20H,4,13-17H2,1-3H3,(H,24,25);1H. The van der Waals surface area contributed by atoms with E-state index in [-0.39, 0.29) is 24.0 Å². The van der Waals surface area contributed by atoms with Gasteiger partial charge in [0.2, 0.25) is 0 Å². The lowest BCUT2D eigenvalue weighted by Crippen LogP contribution is -2.40. The van der Waals surface area contributed by atoms with Gasteiger partial charge in [-0.1, -0.05) is 24.3 Å². The van der Waals surface area contributed by atoms with Crippen LogP contribution < -0.4 is 10.1 Å². The molecule has 1 unspecified atom stereocenters. The van der Waals surface area contributed by atoms with Gasteiger partial charge in [-0.2, -0.15) is 0 Å². The molecule has 8 heteroatoms. The molecular weight excluding hydrogens is 525 g/mol. The number of rotatable bonds is 7. The smallest absolute Gasteiger partial charge is 0.193 e. The largest absolute Gasteiger partial charge is 0.497 e. The number of nitrogens with one attached hydrogen (secondary N) is 1. The van der Waals surface area contributed by atoms with Crippen molar-refractivity contribution in [3.8, 4) is 5.75 Å². The second kappa shape index (κ2) is 11.7. The predicted octanol–water partition coefficient (Wildman–Crippen LogP) is 3.71. The van der Waals surface area contributed by atoms with Crippen molar-refractivity contribution in [3.63, 3.8) is 0 Å². The first-order chi connectivity index (χ1) is 14.4. The highest BCUT2D eigenvalue weighted by molar-refractivity contribution is 14.0. The average molecular weight is 557 g/mol. The minimum Gasteiger partial charge on any atom is -0.497 e. The van der Waals surface area contributed by atoms with Gasteiger partial charge >= 0.3 is 0 Å². The summed E-state index contributed by atoms with van der Waals surface area (Å²) in [4.78, 5) is 7.49. The molecule has 0 aliphatic carbocycles. The van der Waals surface area contributed by atoms with Crippen LogP contribution in [-0.2, 0) is 16.3 Å². The molecule has 31 heavy (non-hydrogen) atoms. The summed E-state index contributed by atoms with van der Waals surface area (Å²) in [6.07, 6.45) is 3.10. The molecule has 6 nitrogen and oxygen atoms in total. The van der Waals surface area contributed by atoms with Crippen LogP contribution in [0.5, 0.6) is 5.75 Å². The number of hydrogen-bond acceptors (Lipinski definition) is 4. The van der Waals surface area contributed by atoms with Crippen molar-refractivity contribution < 1.29 is 13.2 Å². The van der Waals surface area contributed by atoms with Crippen molar-refractivity contribution in [1.82, 2.24) is 10.2 Å². The normalized spacial score (nSPS) is 16.7. The number of nitrogens with zero attached hydrogens (tertiary/aromatic N) is 2. The summed E-state index contributed by atoms with van der Waals surface area (Å²) in [7, 11) is -1.47. The number of guanidine groups is 1. The minimum absolute atomic E-state index is 0. The van der Waals surface area contributed by atoms with Gasteiger partial charge in [0.05, 0.1) is 12.0 Å². The Morgan fingerprint density at radius 1 is 1.16 bits per heavy atom. The Labute approximate surface area is 203 Å². The fraction of sp³-hybridized carbons (Fsp3) is 0.435. The van der Waals surface area contributed by atoms with Gasteiger partial charge < -0.3 is 15.0 Å². The van der Waals surface area contributed by atoms with Crippen molar-refractivity contribution in [2.75, 3.05) is 39.5 Å². The molecule has 1 heterocycles. The zero-order chi connectivity index (χ0) is 21.6. The molecular formula is C23H32IN3O3S. The lowest BCUT2D eigenvalue weighted by atomic mass is 9.98. The Morgan fingerprint density at radius 3 is 2.42 bits per heavy atom. The van der Waals surface area contributed by atoms with Gasteiger partial charge in [0.1, 0.15) is 5.75 Å². The number of benzene rings is 2. The van der Waals surface area contributed by atoms with Crippen molar-refractivity contribution >= 4 is 39.8 Å². The quantitative estimate of drug-likeness (QED) is 0.320. The number of hydrogen-bond donors (Lipinski definition) is 1. The third kappa shape index (κ3) is 7.10. The van der Waals surface area contributed by atoms with Crippen LogP contribution in [0.3, 0.4) is 0 Å². The first kappa shape index (κ1) is 25.5. The van der Waals surface area contributed by atoms with Crippen LogP contribution in [-0.4, -0.2) is 58.8 Å². The number of methoxy groups -OCH3 is 1. The molecule has 1 saturated heterocycles. The fourth-order valence-electron chi connectivity index (χ4n) is 3.72. The van der Waals surface area contributed by atoms with Crippen molar-refractivity contribution in [2.24, 2.45) is 4.99 Å². The van der Waals surface area contributed by atoms with E-state index in [4.69, 9.17) is 9.73 Å². The summed E-state index contributed by atoms with van der Waals surface area (Å²) in [5, 5.41) is 3.41. The molecule has 2 aromatic carbocycles. The van der Waals surface area contributed by atoms with Crippen LogP contribution in [0.4, 0.5) is 0 Å². The van der Waals surface area contributed by atoms with Gasteiger partial charge in [-0.25, -0.2) is 8.42 Å². The number of aliphatic imine (C=N–C) groups is 1. The maximum atomic E-state index is 11.6. The first-order valence-electron chi connectivity index (χ1n) is 10.4. The van der Waals surface area contributed by atoms with Crippen molar-refractivity contribution in [2.45, 2.75) is 30.6 Å². The topological polar surface area (TPSA) is 71.0 Å². The Balaban J connectivity index is 0.00000341. The molecule has 1 aliphatic rings. The summed E-state index contributed by atoms with van der Waals surface area (Å²) < 4.78 is 28.4. The highest BCUT2D eigenvalue weighted by Crippen LogP contribution is 2.28. The molecule has 170 valence electrons. The van der Waals surface area contributed by atoms with Crippen LogP contribution in [0.1, 0.15) is 30.4 Å². The lowest BCUT2D eigenvalue weighted by molar-refractivity contribution is 0.414. The Kier molecular flexibility index (Phi) is 9.61. The number of ether oxygens (including phenoxy) is 1. The fourth-order valence-corrected chi connectivity index (χ4v) is 4.35. The molecule has 1 fully saturated rings. The average Bonchev–Trinajstić information content (AvgIpc) is 3.23. The molecule has 0 radical (unpaired) electrons. The SMILES string of the molecule is CCNC(=NCCc1ccc(S(C)(=O)=O)cc1)N1CCC(c2ccc(OC)cc2)C1.I. The number of halogens is 1. The first-order valence-corrected chi connectivity index (χ1v) is 12.3. The second-order valence-electron chi connectivity index (χ2n) is 7.61. The summed E-state index contributed by atoms with van der Waals surface area (Å²) in [5.74, 6) is 2.32. The lowest BCUT2D eigenvalue weighted by Gasteiger charge is -2.22. The summed E-state index contributed by atoms with van der Waals surface area (Å²) in [6.45, 7) is 5.49. The molecule has 0 saturated carbocycles. The van der Waals surface area contributed by atoms with E-state index < -0.39 is 9.84 Å². The molecule has 1 N–H and O–H groups in total. The van der Waals surface area contributed by atoms with Crippen molar-refractivity contribution in [1.29, 1.82) is 0 Å². The molecule has 3 rings (SSSR count). The Bertz CT molecular complexity index is 961. The van der Waals surface area contributed by atoms with Crippen LogP contribution in [0, 0.1) is 0 Å². The maximum Gasteiger partial charge on any atom is 0.193 e. The van der Waals surface area contributed by atoms with E-state index >= 15 is 0 Å². The van der Waals surface area contributed by atoms with E-state index in [1.165, 1.54) is 11.8 Å². The van der Waals surface area contributed by atoms with E-state index in [0.29, 0.717) is 17.4 Å². The zero-order valence-corrected chi connectivity index (χ0v) is 21.5. The molecule has 1 atom stereocenters. The Morgan fingerprint density at radius 2 is 1.84 bits per heavy atom. The van der Waals surface area contributed by atoms with E-state index in [2.05, 4.69) is 29.3 Å². The van der Waals surface area contributed by atoms with E-state index in [9.17, 15) is 8.42 Å². The van der Waals surface area contributed by atoms with Gasteiger partial charge in [-0.15, -0.1) is 24.0 Å². The molecule has 0 aromatic heterocycles. The monoisotopic (exact) mass is 557 g/mol. The van der Waals surface area contributed by atoms with Crippen LogP contribution in [0.15, 0.2) is 58.4 Å². The zero-order valence-electron chi connectivity index (χ0n) is 18.4. The van der Waals surface area contributed by atoms with Crippen LogP contribution in [0.25, 0.3) is 0 Å². The summed E-state index contributed by atoms with van der Waals surface area (Å²) in [6, 6.07) is 15.4. The molecule has 0 spiro atoms. The highest BCUT2D eigenvalue weighted by Gasteiger charge is 2.26. The number of sulfone groups is 1. The van der Waals surface area contributed by atoms with E-state index in [1.54, 1.807) is 19.2 Å². The van der Waals surface area contributed by atoms with Crippen LogP contribution >= 0.6 is 24.0 Å². The van der Waals surface area contributed by atoms with Gasteiger partial charge in [-0.05, 0) is 55.2 Å². The third-order valence-electron chi connectivity index (χ3n) is 5.42. The summed E-state index contributed by atoms with van der Waals surface area (Å²) in [5.41, 5.74) is 2.42. The van der Waals surface area contributed by atoms with E-state index in [0.717, 1.165) is 49.7 Å². The van der Waals surface area contributed by atoms with E-state index in [1.807, 2.05) is 24.3 Å².